The molecular weight excluding hydrogens is 463 g/mol. The van der Waals surface area contributed by atoms with Crippen LogP contribution in [0.15, 0.2) is 71.7 Å². The minimum Gasteiger partial charge on any atom is -0.369 e. The molecule has 3 amide bonds. The molecule has 182 valence electrons. The Morgan fingerprint density at radius 1 is 1.03 bits per heavy atom. The maximum Gasteiger partial charge on any atom is 0.319 e. The number of anilines is 1. The number of nitrogens with two attached hydrogens (primary N) is 1. The molecule has 1 aliphatic rings. The number of carbonyl (C=O) groups is 2. The zero-order valence-corrected chi connectivity index (χ0v) is 19.6. The lowest BCUT2D eigenvalue weighted by Crippen LogP contribution is -2.43. The van der Waals surface area contributed by atoms with Crippen molar-refractivity contribution < 1.29 is 18.4 Å². The van der Waals surface area contributed by atoms with Crippen molar-refractivity contribution in [1.29, 1.82) is 0 Å². The van der Waals surface area contributed by atoms with Crippen molar-refractivity contribution >= 4 is 36.9 Å². The minimum atomic E-state index is -1.26. The summed E-state index contributed by atoms with van der Waals surface area (Å²) in [6, 6.07) is 16.9. The first kappa shape index (κ1) is 24.9. The first-order valence-electron chi connectivity index (χ1n) is 11.2. The molecule has 3 aromatic carbocycles. The molecular formula is C26H24BF2N5O2. The number of carbonyl (C=O) groups excluding carboxylic acids is 2. The van der Waals surface area contributed by atoms with Crippen LogP contribution in [0.2, 0.25) is 0 Å². The van der Waals surface area contributed by atoms with Crippen LogP contribution in [0, 0.1) is 11.6 Å². The predicted molar refractivity (Wildman–Crippen MR) is 135 cm³/mol. The number of benzene rings is 3. The Labute approximate surface area is 208 Å². The van der Waals surface area contributed by atoms with E-state index in [1.165, 1.54) is 17.0 Å². The second kappa shape index (κ2) is 10.2. The molecule has 0 saturated carbocycles. The number of nitrogens with zero attached hydrogens (tertiary/aromatic N) is 2. The summed E-state index contributed by atoms with van der Waals surface area (Å²) in [6.07, 6.45) is 0.0138. The summed E-state index contributed by atoms with van der Waals surface area (Å²) in [5.41, 5.74) is 7.89. The first-order chi connectivity index (χ1) is 17.1. The van der Waals surface area contributed by atoms with Crippen LogP contribution in [-0.2, 0) is 24.3 Å². The molecule has 1 aliphatic heterocycles. The normalized spacial score (nSPS) is 17.1. The first-order valence-corrected chi connectivity index (χ1v) is 11.2. The molecule has 4 N–H and O–H groups in total. The third-order valence-corrected chi connectivity index (χ3v) is 5.78. The number of hydrogen-bond acceptors (Lipinski definition) is 4. The van der Waals surface area contributed by atoms with E-state index >= 15 is 0 Å². The highest BCUT2D eigenvalue weighted by molar-refractivity contribution is 6.32. The quantitative estimate of drug-likeness (QED) is 0.447. The Morgan fingerprint density at radius 2 is 1.69 bits per heavy atom. The zero-order valence-electron chi connectivity index (χ0n) is 19.6. The van der Waals surface area contributed by atoms with Gasteiger partial charge in [0.05, 0.1) is 6.54 Å². The molecule has 1 heterocycles. The summed E-state index contributed by atoms with van der Waals surface area (Å²) < 4.78 is 27.2. The molecule has 0 bridgehead atoms. The maximum absolute atomic E-state index is 13.6. The lowest BCUT2D eigenvalue weighted by molar-refractivity contribution is -0.131. The highest BCUT2D eigenvalue weighted by Gasteiger charge is 2.44. The Morgan fingerprint density at radius 3 is 2.36 bits per heavy atom. The number of hydrogen-bond donors (Lipinski definition) is 3. The van der Waals surface area contributed by atoms with E-state index in [0.29, 0.717) is 23.3 Å². The molecule has 10 heteroatoms. The topological polar surface area (TPSA) is 99.8 Å². The molecule has 7 nitrogen and oxygen atoms in total. The summed E-state index contributed by atoms with van der Waals surface area (Å²) in [5.74, 6) is -1.74. The Balaban J connectivity index is 1.34. The summed E-state index contributed by atoms with van der Waals surface area (Å²) in [7, 11) is 5.71. The van der Waals surface area contributed by atoms with E-state index in [4.69, 9.17) is 13.6 Å². The second-order valence-corrected chi connectivity index (χ2v) is 8.84. The number of rotatable bonds is 7. The maximum atomic E-state index is 13.6. The monoisotopic (exact) mass is 487 g/mol. The van der Waals surface area contributed by atoms with Crippen LogP contribution in [0.5, 0.6) is 0 Å². The molecule has 0 aliphatic carbocycles. The van der Waals surface area contributed by atoms with Gasteiger partial charge in [-0.2, -0.15) is 0 Å². The van der Waals surface area contributed by atoms with Gasteiger partial charge < -0.3 is 16.4 Å². The fourth-order valence-electron chi connectivity index (χ4n) is 4.05. The molecule has 0 spiro atoms. The highest BCUT2D eigenvalue weighted by atomic mass is 19.1. The molecule has 0 saturated heterocycles. The standard InChI is InChI=1S/C26H24BF2N5O2/c1-26(13-18-9-20(28)12-21(29)10-18)23(35)34(24(30)33-26)15-17-7-5-16(6-8-17)14-31-25(36)32-22-4-2-3-19(27)11-22/h2-12H,13-15H2,1H3,(H2,30,33)(H2,31,32,36)/t26-/m1/s1. The average molecular weight is 487 g/mol. The van der Waals surface area contributed by atoms with Crippen molar-refractivity contribution in [2.75, 3.05) is 5.32 Å². The van der Waals surface area contributed by atoms with E-state index in [1.54, 1.807) is 31.2 Å². The Hall–Kier alpha value is -4.21. The van der Waals surface area contributed by atoms with E-state index in [0.717, 1.165) is 17.2 Å². The number of halogens is 2. The van der Waals surface area contributed by atoms with Gasteiger partial charge in [0.25, 0.3) is 5.91 Å². The van der Waals surface area contributed by atoms with Crippen molar-refractivity contribution in [3.8, 4) is 0 Å². The minimum absolute atomic E-state index is 0.0138. The number of urea groups is 1. The molecule has 0 unspecified atom stereocenters. The van der Waals surface area contributed by atoms with Crippen LogP contribution in [0.4, 0.5) is 19.3 Å². The van der Waals surface area contributed by atoms with Gasteiger partial charge in [-0.25, -0.2) is 18.6 Å². The van der Waals surface area contributed by atoms with Gasteiger partial charge in [0.15, 0.2) is 5.96 Å². The number of aliphatic imine (C=N–C) groups is 1. The fraction of sp³-hybridized carbons (Fsp3) is 0.192. The number of nitrogens with one attached hydrogen (secondary N) is 2. The molecule has 36 heavy (non-hydrogen) atoms. The van der Waals surface area contributed by atoms with Crippen LogP contribution in [-0.4, -0.2) is 36.2 Å². The van der Waals surface area contributed by atoms with E-state index in [-0.39, 0.29) is 30.9 Å². The van der Waals surface area contributed by atoms with Crippen molar-refractivity contribution in [2.45, 2.75) is 32.0 Å². The zero-order chi connectivity index (χ0) is 25.9. The molecule has 1 atom stereocenters. The Kier molecular flexibility index (Phi) is 7.05. The van der Waals surface area contributed by atoms with Gasteiger partial charge >= 0.3 is 6.03 Å². The number of guanidine groups is 1. The second-order valence-electron chi connectivity index (χ2n) is 8.84. The summed E-state index contributed by atoms with van der Waals surface area (Å²) >= 11 is 0. The van der Waals surface area contributed by atoms with E-state index in [1.807, 2.05) is 24.3 Å². The fourth-order valence-corrected chi connectivity index (χ4v) is 4.05. The van der Waals surface area contributed by atoms with E-state index in [2.05, 4.69) is 15.6 Å². The van der Waals surface area contributed by atoms with Gasteiger partial charge in [-0.1, -0.05) is 41.9 Å². The largest absolute Gasteiger partial charge is 0.369 e. The van der Waals surface area contributed by atoms with Crippen molar-refractivity contribution in [3.63, 3.8) is 0 Å². The lowest BCUT2D eigenvalue weighted by Gasteiger charge is -2.22. The smallest absolute Gasteiger partial charge is 0.319 e. The van der Waals surface area contributed by atoms with Gasteiger partial charge in [0.1, 0.15) is 25.0 Å². The highest BCUT2D eigenvalue weighted by Crippen LogP contribution is 2.28. The Bertz CT molecular complexity index is 1310. The number of amides is 3. The van der Waals surface area contributed by atoms with Crippen LogP contribution in [0.25, 0.3) is 0 Å². The molecule has 2 radical (unpaired) electrons. The summed E-state index contributed by atoms with van der Waals surface area (Å²) in [4.78, 5) is 30.9. The third-order valence-electron chi connectivity index (χ3n) is 5.78. The summed E-state index contributed by atoms with van der Waals surface area (Å²) in [6.45, 7) is 2.07. The van der Waals surface area contributed by atoms with Gasteiger partial charge in [-0.15, -0.1) is 0 Å². The van der Waals surface area contributed by atoms with E-state index in [9.17, 15) is 18.4 Å². The van der Waals surface area contributed by atoms with Gasteiger partial charge in [-0.05, 0) is 47.9 Å². The van der Waals surface area contributed by atoms with Crippen LogP contribution >= 0.6 is 0 Å². The SMILES string of the molecule is [B]c1cccc(NC(=O)NCc2ccc(CN3C(=O)[C@@](C)(Cc4cc(F)cc(F)c4)N=C3N)cc2)c1. The van der Waals surface area contributed by atoms with Crippen molar-refractivity contribution in [2.24, 2.45) is 10.7 Å². The lowest BCUT2D eigenvalue weighted by atomic mass is 9.92. The van der Waals surface area contributed by atoms with Gasteiger partial charge in [0, 0.05) is 24.7 Å². The molecule has 3 aromatic rings. The predicted octanol–water partition coefficient (Wildman–Crippen LogP) is 2.74. The average Bonchev–Trinajstić information content (AvgIpc) is 3.00. The van der Waals surface area contributed by atoms with Crippen LogP contribution in [0.1, 0.15) is 23.6 Å². The van der Waals surface area contributed by atoms with Crippen LogP contribution in [0.3, 0.4) is 0 Å². The van der Waals surface area contributed by atoms with Crippen molar-refractivity contribution in [3.05, 3.63) is 95.1 Å². The van der Waals surface area contributed by atoms with Crippen molar-refractivity contribution in [1.82, 2.24) is 10.2 Å². The molecule has 0 fully saturated rings. The van der Waals surface area contributed by atoms with Gasteiger partial charge in [-0.3, -0.25) is 9.69 Å². The van der Waals surface area contributed by atoms with Gasteiger partial charge in [0.2, 0.25) is 0 Å². The van der Waals surface area contributed by atoms with Crippen LogP contribution < -0.4 is 21.8 Å². The molecule has 0 aromatic heterocycles. The third kappa shape index (κ3) is 5.88. The summed E-state index contributed by atoms with van der Waals surface area (Å²) in [5, 5.41) is 5.48. The van der Waals surface area contributed by atoms with E-state index < -0.39 is 17.2 Å². The molecule has 4 rings (SSSR count).